The summed E-state index contributed by atoms with van der Waals surface area (Å²) in [4.78, 5) is 25.1. The number of amides is 2. The summed E-state index contributed by atoms with van der Waals surface area (Å²) in [5.41, 5.74) is 1.07. The Kier molecular flexibility index (Phi) is 6.05. The lowest BCUT2D eigenvalue weighted by molar-refractivity contribution is 0.0652. The fourth-order valence-electron chi connectivity index (χ4n) is 1.81. The Labute approximate surface area is 116 Å². The second-order valence-electron chi connectivity index (χ2n) is 3.70. The highest BCUT2D eigenvalue weighted by atomic mass is 79.9. The van der Waals surface area contributed by atoms with Crippen molar-refractivity contribution < 1.29 is 9.59 Å². The van der Waals surface area contributed by atoms with Gasteiger partial charge in [-0.1, -0.05) is 41.9 Å². The maximum absolute atomic E-state index is 11.9. The first-order chi connectivity index (χ1) is 8.75. The highest BCUT2D eigenvalue weighted by molar-refractivity contribution is 9.09. The largest absolute Gasteiger partial charge is 0.274 e. The predicted octanol–water partition coefficient (Wildman–Crippen LogP) is 3.48. The molecule has 0 saturated carbocycles. The van der Waals surface area contributed by atoms with Crippen molar-refractivity contribution in [3.63, 3.8) is 0 Å². The van der Waals surface area contributed by atoms with Gasteiger partial charge in [0.05, 0.1) is 11.1 Å². The molecule has 3 nitrogen and oxygen atoms in total. The molecule has 0 spiro atoms. The van der Waals surface area contributed by atoms with Gasteiger partial charge in [0.1, 0.15) is 0 Å². The highest BCUT2D eigenvalue weighted by Gasteiger charge is 2.34. The summed E-state index contributed by atoms with van der Waals surface area (Å²) < 4.78 is 0. The van der Waals surface area contributed by atoms with Gasteiger partial charge in [-0.2, -0.15) is 0 Å². The molecule has 0 saturated heterocycles. The van der Waals surface area contributed by atoms with Gasteiger partial charge >= 0.3 is 0 Å². The highest BCUT2D eigenvalue weighted by Crippen LogP contribution is 2.22. The number of carbonyl (C=O) groups excluding carboxylic acids is 2. The number of unbranched alkanes of at least 4 members (excludes halogenated alkanes) is 1. The average Bonchev–Trinajstić information content (AvgIpc) is 2.67. The SMILES string of the molecule is CC.O=C1c2ccccc2C(=O)N1CCCCBr. The monoisotopic (exact) mass is 311 g/mol. The van der Waals surface area contributed by atoms with Crippen LogP contribution in [0, 0.1) is 0 Å². The number of hydrogen-bond acceptors (Lipinski definition) is 2. The molecule has 98 valence electrons. The minimum atomic E-state index is -0.157. The Morgan fingerprint density at radius 1 is 1.00 bits per heavy atom. The molecule has 1 aromatic rings. The molecule has 2 amide bonds. The van der Waals surface area contributed by atoms with E-state index in [0.717, 1.165) is 18.2 Å². The van der Waals surface area contributed by atoms with Crippen molar-refractivity contribution in [3.8, 4) is 0 Å². The minimum Gasteiger partial charge on any atom is -0.274 e. The van der Waals surface area contributed by atoms with Crippen molar-refractivity contribution in [3.05, 3.63) is 35.4 Å². The molecule has 0 aromatic heterocycles. The first-order valence-corrected chi connectivity index (χ1v) is 7.39. The van der Waals surface area contributed by atoms with E-state index in [1.165, 1.54) is 4.90 Å². The van der Waals surface area contributed by atoms with Gasteiger partial charge < -0.3 is 0 Å². The maximum Gasteiger partial charge on any atom is 0.261 e. The van der Waals surface area contributed by atoms with Crippen LogP contribution in [0.15, 0.2) is 24.3 Å². The van der Waals surface area contributed by atoms with Crippen LogP contribution in [0.5, 0.6) is 0 Å². The van der Waals surface area contributed by atoms with Crippen molar-refractivity contribution in [2.45, 2.75) is 26.7 Å². The van der Waals surface area contributed by atoms with Gasteiger partial charge in [0, 0.05) is 11.9 Å². The van der Waals surface area contributed by atoms with E-state index in [-0.39, 0.29) is 11.8 Å². The third-order valence-corrected chi connectivity index (χ3v) is 3.20. The van der Waals surface area contributed by atoms with Gasteiger partial charge in [0.2, 0.25) is 0 Å². The van der Waals surface area contributed by atoms with Gasteiger partial charge in [-0.15, -0.1) is 0 Å². The molecule has 1 heterocycles. The molecule has 0 bridgehead atoms. The van der Waals surface area contributed by atoms with Crippen molar-refractivity contribution in [1.82, 2.24) is 4.90 Å². The molecule has 4 heteroatoms. The average molecular weight is 312 g/mol. The van der Waals surface area contributed by atoms with Crippen LogP contribution in [-0.4, -0.2) is 28.6 Å². The number of hydrogen-bond donors (Lipinski definition) is 0. The number of carbonyl (C=O) groups is 2. The van der Waals surface area contributed by atoms with E-state index in [9.17, 15) is 9.59 Å². The van der Waals surface area contributed by atoms with Crippen LogP contribution in [0.1, 0.15) is 47.4 Å². The molecular weight excluding hydrogens is 294 g/mol. The molecule has 0 N–H and O–H groups in total. The van der Waals surface area contributed by atoms with Crippen molar-refractivity contribution in [1.29, 1.82) is 0 Å². The van der Waals surface area contributed by atoms with Crippen LogP contribution in [0.4, 0.5) is 0 Å². The lowest BCUT2D eigenvalue weighted by atomic mass is 10.1. The van der Waals surface area contributed by atoms with E-state index >= 15 is 0 Å². The summed E-state index contributed by atoms with van der Waals surface area (Å²) in [5.74, 6) is -0.314. The van der Waals surface area contributed by atoms with Gasteiger partial charge in [0.15, 0.2) is 0 Å². The fourth-order valence-corrected chi connectivity index (χ4v) is 2.20. The first-order valence-electron chi connectivity index (χ1n) is 6.27. The van der Waals surface area contributed by atoms with E-state index < -0.39 is 0 Å². The summed E-state index contributed by atoms with van der Waals surface area (Å²) in [6.07, 6.45) is 1.81. The second-order valence-corrected chi connectivity index (χ2v) is 4.50. The molecule has 0 atom stereocenters. The molecule has 0 radical (unpaired) electrons. The van der Waals surface area contributed by atoms with Crippen molar-refractivity contribution >= 4 is 27.7 Å². The van der Waals surface area contributed by atoms with E-state index in [0.29, 0.717) is 17.7 Å². The zero-order valence-corrected chi connectivity index (χ0v) is 12.4. The number of benzene rings is 1. The smallest absolute Gasteiger partial charge is 0.261 e. The fraction of sp³-hybridized carbons (Fsp3) is 0.429. The third-order valence-electron chi connectivity index (χ3n) is 2.64. The molecule has 18 heavy (non-hydrogen) atoms. The Hall–Kier alpha value is -1.16. The number of alkyl halides is 1. The summed E-state index contributed by atoms with van der Waals surface area (Å²) in [6, 6.07) is 6.98. The van der Waals surface area contributed by atoms with Gasteiger partial charge in [-0.25, -0.2) is 0 Å². The van der Waals surface area contributed by atoms with Crippen LogP contribution in [0.2, 0.25) is 0 Å². The van der Waals surface area contributed by atoms with E-state index in [2.05, 4.69) is 15.9 Å². The Morgan fingerprint density at radius 3 is 1.94 bits per heavy atom. The summed E-state index contributed by atoms with van der Waals surface area (Å²) in [5, 5.41) is 0.899. The van der Waals surface area contributed by atoms with Crippen LogP contribution in [0.3, 0.4) is 0 Å². The van der Waals surface area contributed by atoms with E-state index in [1.54, 1.807) is 24.3 Å². The Morgan fingerprint density at radius 2 is 1.50 bits per heavy atom. The second kappa shape index (κ2) is 7.31. The zero-order chi connectivity index (χ0) is 13.5. The molecule has 2 rings (SSSR count). The Balaban J connectivity index is 0.000000771. The number of halogens is 1. The first kappa shape index (κ1) is 14.9. The standard InChI is InChI=1S/C12H12BrNO2.C2H6/c13-7-3-4-8-14-11(15)9-5-1-2-6-10(9)12(14)16;1-2/h1-2,5-6H,3-4,7-8H2;1-2H3. The van der Waals surface area contributed by atoms with Crippen LogP contribution in [-0.2, 0) is 0 Å². The third kappa shape index (κ3) is 2.99. The molecule has 0 fully saturated rings. The number of fused-ring (bicyclic) bond motifs is 1. The quantitative estimate of drug-likeness (QED) is 0.485. The molecule has 1 aliphatic rings. The van der Waals surface area contributed by atoms with Crippen molar-refractivity contribution in [2.24, 2.45) is 0 Å². The van der Waals surface area contributed by atoms with Crippen LogP contribution in [0.25, 0.3) is 0 Å². The predicted molar refractivity (Wildman–Crippen MR) is 76.2 cm³/mol. The van der Waals surface area contributed by atoms with Crippen molar-refractivity contribution in [2.75, 3.05) is 11.9 Å². The topological polar surface area (TPSA) is 37.4 Å². The minimum absolute atomic E-state index is 0.157. The molecule has 1 aliphatic heterocycles. The maximum atomic E-state index is 11.9. The van der Waals surface area contributed by atoms with Gasteiger partial charge in [-0.3, -0.25) is 14.5 Å². The van der Waals surface area contributed by atoms with E-state index in [1.807, 2.05) is 13.8 Å². The Bertz CT molecular complexity index is 397. The van der Waals surface area contributed by atoms with Gasteiger partial charge in [0.25, 0.3) is 11.8 Å². The number of nitrogens with zero attached hydrogens (tertiary/aromatic N) is 1. The van der Waals surface area contributed by atoms with E-state index in [4.69, 9.17) is 0 Å². The summed E-state index contributed by atoms with van der Waals surface area (Å²) >= 11 is 3.33. The van der Waals surface area contributed by atoms with Crippen LogP contribution >= 0.6 is 15.9 Å². The lowest BCUT2D eigenvalue weighted by Crippen LogP contribution is -2.30. The molecule has 0 unspecified atom stereocenters. The molecular formula is C14H18BrNO2. The van der Waals surface area contributed by atoms with Crippen LogP contribution < -0.4 is 0 Å². The normalized spacial score (nSPS) is 13.2. The number of imide groups is 1. The zero-order valence-electron chi connectivity index (χ0n) is 10.8. The summed E-state index contributed by atoms with van der Waals surface area (Å²) in [6.45, 7) is 4.51. The number of rotatable bonds is 4. The van der Waals surface area contributed by atoms with Gasteiger partial charge in [-0.05, 0) is 25.0 Å². The lowest BCUT2D eigenvalue weighted by Gasteiger charge is -2.12. The molecule has 0 aliphatic carbocycles. The molecule has 1 aromatic carbocycles. The summed E-state index contributed by atoms with van der Waals surface area (Å²) in [7, 11) is 0.